The Kier molecular flexibility index (Phi) is 5.89. The number of amides is 1. The number of carbonyl (C=O) groups is 1. The fraction of sp³-hybridized carbons (Fsp3) is 0.238. The molecule has 0 saturated carbocycles. The van der Waals surface area contributed by atoms with Gasteiger partial charge >= 0.3 is 5.63 Å². The van der Waals surface area contributed by atoms with E-state index >= 15 is 0 Å². The van der Waals surface area contributed by atoms with Gasteiger partial charge in [0, 0.05) is 24.1 Å². The van der Waals surface area contributed by atoms with Crippen LogP contribution in [0.4, 0.5) is 0 Å². The highest BCUT2D eigenvalue weighted by Gasteiger charge is 2.18. The molecule has 3 aromatic heterocycles. The monoisotopic (exact) mass is 425 g/mol. The van der Waals surface area contributed by atoms with E-state index in [9.17, 15) is 9.59 Å². The smallest absolute Gasteiger partial charge is 0.336 e. The second kappa shape index (κ2) is 8.91. The molecule has 0 saturated heterocycles. The fourth-order valence-electron chi connectivity index (χ4n) is 2.91. The van der Waals surface area contributed by atoms with Gasteiger partial charge in [0.15, 0.2) is 6.61 Å². The molecule has 30 heavy (non-hydrogen) atoms. The van der Waals surface area contributed by atoms with E-state index in [0.29, 0.717) is 29.7 Å². The molecule has 0 unspecified atom stereocenters. The molecule has 9 heteroatoms. The van der Waals surface area contributed by atoms with Gasteiger partial charge in [-0.05, 0) is 36.1 Å². The van der Waals surface area contributed by atoms with Crippen molar-refractivity contribution in [3.8, 4) is 16.5 Å². The standard InChI is InChI=1S/C21H19N3O5S/c1-2-9-24(12-18-22-23-21(29-18)17-4-3-10-30-17)19(25)13-27-15-7-5-14-6-8-20(26)28-16(14)11-15/h3-8,10-11H,2,9,12-13H2,1H3. The third kappa shape index (κ3) is 4.57. The highest BCUT2D eigenvalue weighted by molar-refractivity contribution is 7.13. The minimum atomic E-state index is -0.439. The number of hydrogen-bond donors (Lipinski definition) is 0. The molecule has 8 nitrogen and oxygen atoms in total. The van der Waals surface area contributed by atoms with E-state index < -0.39 is 5.63 Å². The van der Waals surface area contributed by atoms with Gasteiger partial charge < -0.3 is 18.5 Å². The van der Waals surface area contributed by atoms with E-state index in [-0.39, 0.29) is 19.1 Å². The van der Waals surface area contributed by atoms with Crippen LogP contribution in [0.3, 0.4) is 0 Å². The van der Waals surface area contributed by atoms with Gasteiger partial charge in [-0.25, -0.2) is 4.79 Å². The van der Waals surface area contributed by atoms with Gasteiger partial charge in [-0.3, -0.25) is 4.79 Å². The summed E-state index contributed by atoms with van der Waals surface area (Å²) in [6.07, 6.45) is 0.777. The fourth-order valence-corrected chi connectivity index (χ4v) is 3.55. The molecule has 0 radical (unpaired) electrons. The summed E-state index contributed by atoms with van der Waals surface area (Å²) in [5, 5.41) is 10.8. The normalized spacial score (nSPS) is 11.0. The molecule has 4 aromatic rings. The lowest BCUT2D eigenvalue weighted by atomic mass is 10.2. The zero-order valence-corrected chi connectivity index (χ0v) is 17.1. The number of rotatable bonds is 8. The molecule has 0 aliphatic carbocycles. The van der Waals surface area contributed by atoms with Crippen molar-refractivity contribution in [1.82, 2.24) is 15.1 Å². The van der Waals surface area contributed by atoms with Crippen molar-refractivity contribution in [3.05, 3.63) is 64.2 Å². The largest absolute Gasteiger partial charge is 0.484 e. The van der Waals surface area contributed by atoms with Crippen LogP contribution in [0.2, 0.25) is 0 Å². The lowest BCUT2D eigenvalue weighted by molar-refractivity contribution is -0.134. The van der Waals surface area contributed by atoms with Crippen molar-refractivity contribution >= 4 is 28.2 Å². The molecule has 0 spiro atoms. The molecule has 0 fully saturated rings. The van der Waals surface area contributed by atoms with Crippen molar-refractivity contribution in [3.63, 3.8) is 0 Å². The molecule has 0 aliphatic rings. The van der Waals surface area contributed by atoms with Gasteiger partial charge in [0.25, 0.3) is 11.8 Å². The van der Waals surface area contributed by atoms with E-state index in [1.165, 1.54) is 17.4 Å². The summed E-state index contributed by atoms with van der Waals surface area (Å²) in [5.41, 5.74) is -0.0313. The molecule has 0 atom stereocenters. The second-order valence-corrected chi connectivity index (χ2v) is 7.48. The zero-order chi connectivity index (χ0) is 20.9. The van der Waals surface area contributed by atoms with Crippen LogP contribution < -0.4 is 10.4 Å². The number of aromatic nitrogens is 2. The lowest BCUT2D eigenvalue weighted by Gasteiger charge is -2.20. The highest BCUT2D eigenvalue weighted by Crippen LogP contribution is 2.23. The molecule has 0 aliphatic heterocycles. The van der Waals surface area contributed by atoms with Crippen molar-refractivity contribution in [2.24, 2.45) is 0 Å². The minimum absolute atomic E-state index is 0.158. The Morgan fingerprint density at radius 2 is 2.03 bits per heavy atom. The first-order valence-corrected chi connectivity index (χ1v) is 10.3. The molecule has 3 heterocycles. The maximum Gasteiger partial charge on any atom is 0.336 e. The SMILES string of the molecule is CCCN(Cc1nnc(-c2cccs2)o1)C(=O)COc1ccc2ccc(=O)oc2c1. The van der Waals surface area contributed by atoms with Crippen molar-refractivity contribution in [1.29, 1.82) is 0 Å². The summed E-state index contributed by atoms with van der Waals surface area (Å²) in [4.78, 5) is 26.6. The van der Waals surface area contributed by atoms with Crippen molar-refractivity contribution in [2.75, 3.05) is 13.2 Å². The average molecular weight is 425 g/mol. The molecule has 1 amide bonds. The van der Waals surface area contributed by atoms with Crippen LogP contribution in [0, 0.1) is 0 Å². The minimum Gasteiger partial charge on any atom is -0.484 e. The lowest BCUT2D eigenvalue weighted by Crippen LogP contribution is -2.35. The number of benzene rings is 1. The summed E-state index contributed by atoms with van der Waals surface area (Å²) >= 11 is 1.51. The second-order valence-electron chi connectivity index (χ2n) is 6.54. The summed E-state index contributed by atoms with van der Waals surface area (Å²) in [6.45, 7) is 2.57. The first-order valence-electron chi connectivity index (χ1n) is 9.43. The number of ether oxygens (including phenoxy) is 1. The predicted molar refractivity (Wildman–Crippen MR) is 111 cm³/mol. The number of thiophene rings is 1. The molecule has 4 rings (SSSR count). The van der Waals surface area contributed by atoms with Crippen LogP contribution in [0.25, 0.3) is 21.7 Å². The van der Waals surface area contributed by atoms with E-state index in [0.717, 1.165) is 16.7 Å². The Balaban J connectivity index is 1.41. The first-order chi connectivity index (χ1) is 14.6. The van der Waals surface area contributed by atoms with Crippen molar-refractivity contribution in [2.45, 2.75) is 19.9 Å². The zero-order valence-electron chi connectivity index (χ0n) is 16.2. The maximum atomic E-state index is 12.7. The van der Waals surface area contributed by atoms with Crippen LogP contribution >= 0.6 is 11.3 Å². The third-order valence-corrected chi connectivity index (χ3v) is 5.19. The molecule has 1 aromatic carbocycles. The highest BCUT2D eigenvalue weighted by atomic mass is 32.1. The van der Waals surface area contributed by atoms with E-state index in [1.807, 2.05) is 24.4 Å². The Bertz CT molecular complexity index is 1200. The first kappa shape index (κ1) is 19.8. The third-order valence-electron chi connectivity index (χ3n) is 4.33. The number of hydrogen-bond acceptors (Lipinski definition) is 8. The van der Waals surface area contributed by atoms with E-state index in [4.69, 9.17) is 13.6 Å². The summed E-state index contributed by atoms with van der Waals surface area (Å²) in [7, 11) is 0. The van der Waals surface area contributed by atoms with E-state index in [2.05, 4.69) is 10.2 Å². The van der Waals surface area contributed by atoms with Crippen LogP contribution in [-0.4, -0.2) is 34.2 Å². The predicted octanol–water partition coefficient (Wildman–Crippen LogP) is 3.72. The Morgan fingerprint density at radius 3 is 2.83 bits per heavy atom. The van der Waals surface area contributed by atoms with E-state index in [1.54, 1.807) is 29.2 Å². The van der Waals surface area contributed by atoms with Gasteiger partial charge in [0.05, 0.1) is 11.4 Å². The summed E-state index contributed by atoms with van der Waals surface area (Å²) in [6, 6.07) is 11.9. The molecular weight excluding hydrogens is 406 g/mol. The van der Waals surface area contributed by atoms with Crippen LogP contribution in [-0.2, 0) is 11.3 Å². The summed E-state index contributed by atoms with van der Waals surface area (Å²) in [5.74, 6) is 1.05. The van der Waals surface area contributed by atoms with Gasteiger partial charge in [0.1, 0.15) is 11.3 Å². The molecule has 154 valence electrons. The average Bonchev–Trinajstić information content (AvgIpc) is 3.43. The Labute approximate surface area is 175 Å². The molecular formula is C21H19N3O5S. The van der Waals surface area contributed by atoms with Crippen LogP contribution in [0.5, 0.6) is 5.75 Å². The number of carbonyl (C=O) groups excluding carboxylic acids is 1. The molecule has 0 bridgehead atoms. The van der Waals surface area contributed by atoms with Gasteiger partial charge in [-0.1, -0.05) is 13.0 Å². The topological polar surface area (TPSA) is 98.7 Å². The van der Waals surface area contributed by atoms with Crippen LogP contribution in [0.15, 0.2) is 61.5 Å². The maximum absolute atomic E-state index is 12.7. The number of fused-ring (bicyclic) bond motifs is 1. The summed E-state index contributed by atoms with van der Waals surface area (Å²) < 4.78 is 16.5. The van der Waals surface area contributed by atoms with Gasteiger partial charge in [-0.15, -0.1) is 21.5 Å². The number of nitrogens with zero attached hydrogens (tertiary/aromatic N) is 3. The Hall–Kier alpha value is -3.46. The Morgan fingerprint density at radius 1 is 1.17 bits per heavy atom. The molecule has 0 N–H and O–H groups in total. The quantitative estimate of drug-likeness (QED) is 0.397. The van der Waals surface area contributed by atoms with Crippen molar-refractivity contribution < 1.29 is 18.4 Å². The van der Waals surface area contributed by atoms with Gasteiger partial charge in [-0.2, -0.15) is 0 Å². The van der Waals surface area contributed by atoms with Crippen LogP contribution in [0.1, 0.15) is 19.2 Å². The van der Waals surface area contributed by atoms with Gasteiger partial charge in [0.2, 0.25) is 5.89 Å².